The van der Waals surface area contributed by atoms with Gasteiger partial charge in [-0.05, 0) is 31.9 Å². The lowest BCUT2D eigenvalue weighted by atomic mass is 10.0. The monoisotopic (exact) mass is 282 g/mol. The van der Waals surface area contributed by atoms with Gasteiger partial charge >= 0.3 is 0 Å². The fraction of sp³-hybridized carbons (Fsp3) is 0.571. The van der Waals surface area contributed by atoms with Crippen molar-refractivity contribution in [2.75, 3.05) is 29.5 Å². The van der Waals surface area contributed by atoms with Crippen LogP contribution < -0.4 is 10.6 Å². The molecule has 1 unspecified atom stereocenters. The highest BCUT2D eigenvalue weighted by Gasteiger charge is 2.23. The quantitative estimate of drug-likeness (QED) is 0.902. The van der Waals surface area contributed by atoms with E-state index < -0.39 is 9.84 Å². The van der Waals surface area contributed by atoms with Crippen molar-refractivity contribution >= 4 is 15.5 Å². The molecule has 0 saturated carbocycles. The minimum absolute atomic E-state index is 0.106. The average Bonchev–Trinajstić information content (AvgIpc) is 2.29. The SMILES string of the molecule is Cc1ccc(N2CCS(=O)(=O)CC2)c(CC(C)N)c1. The van der Waals surface area contributed by atoms with Crippen LogP contribution in [-0.4, -0.2) is 39.1 Å². The summed E-state index contributed by atoms with van der Waals surface area (Å²) < 4.78 is 23.0. The largest absolute Gasteiger partial charge is 0.369 e. The Hall–Kier alpha value is -1.07. The van der Waals surface area contributed by atoms with Gasteiger partial charge in [0.15, 0.2) is 9.84 Å². The topological polar surface area (TPSA) is 63.4 Å². The molecule has 1 aromatic rings. The third-order valence-electron chi connectivity index (χ3n) is 3.46. The first kappa shape index (κ1) is 14.3. The minimum Gasteiger partial charge on any atom is -0.369 e. The fourth-order valence-corrected chi connectivity index (χ4v) is 3.69. The minimum atomic E-state index is -2.83. The van der Waals surface area contributed by atoms with Crippen LogP contribution in [0, 0.1) is 6.92 Å². The van der Waals surface area contributed by atoms with Crippen molar-refractivity contribution in [1.29, 1.82) is 0 Å². The Kier molecular flexibility index (Phi) is 4.16. The molecule has 1 aliphatic rings. The number of hydrogen-bond donors (Lipinski definition) is 1. The van der Waals surface area contributed by atoms with Crippen molar-refractivity contribution < 1.29 is 8.42 Å². The van der Waals surface area contributed by atoms with Crippen LogP contribution in [0.15, 0.2) is 18.2 Å². The van der Waals surface area contributed by atoms with Gasteiger partial charge in [0.1, 0.15) is 0 Å². The van der Waals surface area contributed by atoms with Gasteiger partial charge in [-0.25, -0.2) is 8.42 Å². The first-order valence-electron chi connectivity index (χ1n) is 6.68. The second-order valence-electron chi connectivity index (χ2n) is 5.45. The summed E-state index contributed by atoms with van der Waals surface area (Å²) in [7, 11) is -2.83. The number of aryl methyl sites for hydroxylation is 1. The molecule has 1 aliphatic heterocycles. The van der Waals surface area contributed by atoms with E-state index in [0.29, 0.717) is 13.1 Å². The number of nitrogens with zero attached hydrogens (tertiary/aromatic N) is 1. The second-order valence-corrected chi connectivity index (χ2v) is 7.76. The summed E-state index contributed by atoms with van der Waals surface area (Å²) >= 11 is 0. The van der Waals surface area contributed by atoms with Crippen LogP contribution in [0.3, 0.4) is 0 Å². The van der Waals surface area contributed by atoms with E-state index in [0.717, 1.165) is 12.1 Å². The van der Waals surface area contributed by atoms with E-state index in [2.05, 4.69) is 30.0 Å². The van der Waals surface area contributed by atoms with Crippen molar-refractivity contribution in [3.8, 4) is 0 Å². The van der Waals surface area contributed by atoms with Crippen LogP contribution >= 0.6 is 0 Å². The highest BCUT2D eigenvalue weighted by molar-refractivity contribution is 7.91. The summed E-state index contributed by atoms with van der Waals surface area (Å²) in [6.45, 7) is 5.22. The van der Waals surface area contributed by atoms with Crippen molar-refractivity contribution in [2.24, 2.45) is 5.73 Å². The van der Waals surface area contributed by atoms with Crippen LogP contribution in [0.5, 0.6) is 0 Å². The molecule has 0 radical (unpaired) electrons. The van der Waals surface area contributed by atoms with Gasteiger partial charge < -0.3 is 10.6 Å². The molecule has 4 nitrogen and oxygen atoms in total. The Labute approximate surface area is 115 Å². The Morgan fingerprint density at radius 1 is 1.32 bits per heavy atom. The van der Waals surface area contributed by atoms with Crippen molar-refractivity contribution in [3.05, 3.63) is 29.3 Å². The molecular weight excluding hydrogens is 260 g/mol. The smallest absolute Gasteiger partial charge is 0.153 e. The predicted molar refractivity (Wildman–Crippen MR) is 79.4 cm³/mol. The zero-order chi connectivity index (χ0) is 14.0. The van der Waals surface area contributed by atoms with E-state index >= 15 is 0 Å². The normalized spacial score (nSPS) is 20.3. The van der Waals surface area contributed by atoms with Gasteiger partial charge in [0.2, 0.25) is 0 Å². The van der Waals surface area contributed by atoms with Crippen LogP contribution in [0.25, 0.3) is 0 Å². The molecule has 1 saturated heterocycles. The van der Waals surface area contributed by atoms with Crippen LogP contribution in [-0.2, 0) is 16.3 Å². The average molecular weight is 282 g/mol. The lowest BCUT2D eigenvalue weighted by Gasteiger charge is -2.31. The van der Waals surface area contributed by atoms with Gasteiger partial charge in [-0.3, -0.25) is 0 Å². The van der Waals surface area contributed by atoms with Gasteiger partial charge in [0.05, 0.1) is 11.5 Å². The van der Waals surface area contributed by atoms with Crippen molar-refractivity contribution in [2.45, 2.75) is 26.3 Å². The molecule has 19 heavy (non-hydrogen) atoms. The first-order valence-corrected chi connectivity index (χ1v) is 8.50. The standard InChI is InChI=1S/C14H22N2O2S/c1-11-3-4-14(13(9-11)10-12(2)15)16-5-7-19(17,18)8-6-16/h3-4,9,12H,5-8,10,15H2,1-2H3. The van der Waals surface area contributed by atoms with E-state index in [1.807, 2.05) is 6.92 Å². The molecule has 0 amide bonds. The van der Waals surface area contributed by atoms with E-state index in [4.69, 9.17) is 5.73 Å². The first-order chi connectivity index (χ1) is 8.87. The highest BCUT2D eigenvalue weighted by Crippen LogP contribution is 2.24. The second kappa shape index (κ2) is 5.51. The van der Waals surface area contributed by atoms with E-state index in [1.54, 1.807) is 0 Å². The number of sulfone groups is 1. The third kappa shape index (κ3) is 3.70. The number of anilines is 1. The zero-order valence-electron chi connectivity index (χ0n) is 11.6. The van der Waals surface area contributed by atoms with Crippen LogP contribution in [0.1, 0.15) is 18.1 Å². The Morgan fingerprint density at radius 3 is 2.53 bits per heavy atom. The third-order valence-corrected chi connectivity index (χ3v) is 5.07. The molecule has 1 fully saturated rings. The summed E-state index contributed by atoms with van der Waals surface area (Å²) in [5.41, 5.74) is 9.47. The Bertz CT molecular complexity index is 539. The number of nitrogens with two attached hydrogens (primary N) is 1. The molecular formula is C14H22N2O2S. The zero-order valence-corrected chi connectivity index (χ0v) is 12.4. The lowest BCUT2D eigenvalue weighted by Crippen LogP contribution is -2.41. The van der Waals surface area contributed by atoms with Crippen LogP contribution in [0.4, 0.5) is 5.69 Å². The van der Waals surface area contributed by atoms with Crippen LogP contribution in [0.2, 0.25) is 0 Å². The van der Waals surface area contributed by atoms with E-state index in [9.17, 15) is 8.42 Å². The highest BCUT2D eigenvalue weighted by atomic mass is 32.2. The van der Waals surface area contributed by atoms with Gasteiger partial charge in [-0.2, -0.15) is 0 Å². The molecule has 1 heterocycles. The molecule has 0 aromatic heterocycles. The van der Waals surface area contributed by atoms with Gasteiger partial charge in [0, 0.05) is 24.8 Å². The molecule has 2 N–H and O–H groups in total. The maximum atomic E-state index is 11.5. The van der Waals surface area contributed by atoms with E-state index in [1.165, 1.54) is 11.1 Å². The summed E-state index contributed by atoms with van der Waals surface area (Å²) in [6, 6.07) is 6.42. The molecule has 2 rings (SSSR count). The fourth-order valence-electron chi connectivity index (χ4n) is 2.49. The molecule has 0 spiro atoms. The summed E-state index contributed by atoms with van der Waals surface area (Å²) in [4.78, 5) is 2.16. The van der Waals surface area contributed by atoms with E-state index in [-0.39, 0.29) is 17.5 Å². The summed E-state index contributed by atoms with van der Waals surface area (Å²) in [6.07, 6.45) is 0.820. The molecule has 5 heteroatoms. The molecule has 0 bridgehead atoms. The van der Waals surface area contributed by atoms with Crippen molar-refractivity contribution in [1.82, 2.24) is 0 Å². The van der Waals surface area contributed by atoms with Gasteiger partial charge in [-0.1, -0.05) is 17.7 Å². The summed E-state index contributed by atoms with van der Waals surface area (Å²) in [5, 5.41) is 0. The van der Waals surface area contributed by atoms with Gasteiger partial charge in [-0.15, -0.1) is 0 Å². The molecule has 106 valence electrons. The maximum Gasteiger partial charge on any atom is 0.153 e. The number of rotatable bonds is 3. The van der Waals surface area contributed by atoms with Crippen molar-refractivity contribution in [3.63, 3.8) is 0 Å². The summed E-state index contributed by atoms with van der Waals surface area (Å²) in [5.74, 6) is 0.497. The molecule has 1 atom stereocenters. The van der Waals surface area contributed by atoms with Gasteiger partial charge in [0.25, 0.3) is 0 Å². The Balaban J connectivity index is 2.24. The Morgan fingerprint density at radius 2 is 1.95 bits per heavy atom. The number of hydrogen-bond acceptors (Lipinski definition) is 4. The molecule has 1 aromatic carbocycles. The maximum absolute atomic E-state index is 11.5. The lowest BCUT2D eigenvalue weighted by molar-refractivity contribution is 0.586. The number of benzene rings is 1. The molecule has 0 aliphatic carbocycles. The predicted octanol–water partition coefficient (Wildman–Crippen LogP) is 1.12.